The SMILES string of the molecule is CCCCNC(=O)N(CCOC)CC(=O)N(CCc1ccccc1)Cc1ccco1. The van der Waals surface area contributed by atoms with Crippen LogP contribution in [-0.4, -0.2) is 61.6 Å². The number of rotatable bonds is 13. The van der Waals surface area contributed by atoms with Gasteiger partial charge in [-0.1, -0.05) is 43.7 Å². The summed E-state index contributed by atoms with van der Waals surface area (Å²) in [4.78, 5) is 28.9. The number of hydrogen-bond donors (Lipinski definition) is 1. The summed E-state index contributed by atoms with van der Waals surface area (Å²) in [6.07, 6.45) is 4.22. The molecule has 0 aliphatic rings. The van der Waals surface area contributed by atoms with Crippen molar-refractivity contribution >= 4 is 11.9 Å². The second-order valence-corrected chi connectivity index (χ2v) is 7.13. The normalized spacial score (nSPS) is 10.6. The van der Waals surface area contributed by atoms with E-state index in [0.717, 1.165) is 24.8 Å². The number of nitrogens with zero attached hydrogens (tertiary/aromatic N) is 2. The average Bonchev–Trinajstić information content (AvgIpc) is 3.28. The van der Waals surface area contributed by atoms with E-state index in [1.807, 2.05) is 36.4 Å². The molecule has 2 aromatic rings. The molecule has 0 atom stereocenters. The minimum Gasteiger partial charge on any atom is -0.467 e. The van der Waals surface area contributed by atoms with Gasteiger partial charge in [0.25, 0.3) is 0 Å². The third kappa shape index (κ3) is 8.29. The fraction of sp³-hybridized carbons (Fsp3) is 0.478. The maximum Gasteiger partial charge on any atom is 0.317 e. The van der Waals surface area contributed by atoms with Gasteiger partial charge in [-0.2, -0.15) is 0 Å². The van der Waals surface area contributed by atoms with Crippen molar-refractivity contribution in [1.29, 1.82) is 0 Å². The molecule has 164 valence electrons. The minimum atomic E-state index is -0.241. The molecule has 0 spiro atoms. The topological polar surface area (TPSA) is 75.0 Å². The summed E-state index contributed by atoms with van der Waals surface area (Å²) in [5.41, 5.74) is 1.16. The monoisotopic (exact) mass is 415 g/mol. The predicted octanol–water partition coefficient (Wildman–Crippen LogP) is 3.31. The number of carbonyl (C=O) groups is 2. The van der Waals surface area contributed by atoms with Crippen molar-refractivity contribution in [3.8, 4) is 0 Å². The van der Waals surface area contributed by atoms with Crippen LogP contribution in [0.1, 0.15) is 31.1 Å². The van der Waals surface area contributed by atoms with Gasteiger partial charge in [-0.05, 0) is 30.5 Å². The number of benzene rings is 1. The number of urea groups is 1. The van der Waals surface area contributed by atoms with Crippen LogP contribution < -0.4 is 5.32 Å². The lowest BCUT2D eigenvalue weighted by Crippen LogP contribution is -2.48. The number of furan rings is 1. The van der Waals surface area contributed by atoms with Crippen molar-refractivity contribution in [3.63, 3.8) is 0 Å². The summed E-state index contributed by atoms with van der Waals surface area (Å²) in [5, 5.41) is 2.88. The zero-order chi connectivity index (χ0) is 21.6. The molecule has 0 bridgehead atoms. The minimum absolute atomic E-state index is 0.00316. The number of methoxy groups -OCH3 is 1. The van der Waals surface area contributed by atoms with Gasteiger partial charge in [0.2, 0.25) is 5.91 Å². The number of nitrogens with one attached hydrogen (secondary N) is 1. The highest BCUT2D eigenvalue weighted by Crippen LogP contribution is 2.09. The fourth-order valence-electron chi connectivity index (χ4n) is 2.99. The van der Waals surface area contributed by atoms with E-state index in [1.54, 1.807) is 24.3 Å². The Balaban J connectivity index is 2.03. The van der Waals surface area contributed by atoms with Crippen molar-refractivity contribution in [2.45, 2.75) is 32.7 Å². The highest BCUT2D eigenvalue weighted by molar-refractivity contribution is 5.84. The van der Waals surface area contributed by atoms with Gasteiger partial charge in [-0.3, -0.25) is 4.79 Å². The van der Waals surface area contributed by atoms with E-state index in [9.17, 15) is 9.59 Å². The molecule has 7 nitrogen and oxygen atoms in total. The first-order chi connectivity index (χ1) is 14.6. The van der Waals surface area contributed by atoms with Gasteiger partial charge in [-0.15, -0.1) is 0 Å². The van der Waals surface area contributed by atoms with Crippen LogP contribution >= 0.6 is 0 Å². The first kappa shape index (κ1) is 23.5. The largest absolute Gasteiger partial charge is 0.467 e. The molecule has 0 fully saturated rings. The first-order valence-corrected chi connectivity index (χ1v) is 10.5. The molecule has 0 unspecified atom stereocenters. The third-order valence-corrected chi connectivity index (χ3v) is 4.78. The highest BCUT2D eigenvalue weighted by Gasteiger charge is 2.22. The zero-order valence-electron chi connectivity index (χ0n) is 18.0. The maximum absolute atomic E-state index is 13.1. The Hall–Kier alpha value is -2.80. The molecule has 0 radical (unpaired) electrons. The quantitative estimate of drug-likeness (QED) is 0.509. The van der Waals surface area contributed by atoms with Crippen LogP contribution in [0.4, 0.5) is 4.79 Å². The van der Waals surface area contributed by atoms with E-state index < -0.39 is 0 Å². The molecule has 1 aromatic carbocycles. The van der Waals surface area contributed by atoms with Crippen LogP contribution in [0.3, 0.4) is 0 Å². The summed E-state index contributed by atoms with van der Waals surface area (Å²) < 4.78 is 10.6. The van der Waals surface area contributed by atoms with Gasteiger partial charge in [0.1, 0.15) is 12.3 Å². The molecule has 30 heavy (non-hydrogen) atoms. The summed E-state index contributed by atoms with van der Waals surface area (Å²) in [7, 11) is 1.58. The molecule has 7 heteroatoms. The molecular weight excluding hydrogens is 382 g/mol. The molecule has 1 N–H and O–H groups in total. The molecule has 1 aromatic heterocycles. The van der Waals surface area contributed by atoms with Crippen LogP contribution in [0.15, 0.2) is 53.1 Å². The zero-order valence-corrected chi connectivity index (χ0v) is 18.0. The van der Waals surface area contributed by atoms with E-state index >= 15 is 0 Å². The van der Waals surface area contributed by atoms with Gasteiger partial charge in [0.05, 0.1) is 19.4 Å². The van der Waals surface area contributed by atoms with Gasteiger partial charge in [0.15, 0.2) is 0 Å². The fourth-order valence-corrected chi connectivity index (χ4v) is 2.99. The summed E-state index contributed by atoms with van der Waals surface area (Å²) in [5.74, 6) is 0.594. The molecule has 0 aliphatic carbocycles. The lowest BCUT2D eigenvalue weighted by molar-refractivity contribution is -0.132. The maximum atomic E-state index is 13.1. The second kappa shape index (κ2) is 13.4. The van der Waals surface area contributed by atoms with E-state index in [4.69, 9.17) is 9.15 Å². The Kier molecular flexibility index (Phi) is 10.5. The standard InChI is InChI=1S/C23H33N3O4/c1-3-4-13-24-23(28)26(15-17-29-2)19-22(27)25(18-21-11-8-16-30-21)14-12-20-9-6-5-7-10-20/h5-11,16H,3-4,12-15,17-19H2,1-2H3,(H,24,28). The molecule has 1 heterocycles. The van der Waals surface area contributed by atoms with Crippen molar-refractivity contribution < 1.29 is 18.7 Å². The molecule has 0 aliphatic heterocycles. The first-order valence-electron chi connectivity index (χ1n) is 10.5. The second-order valence-electron chi connectivity index (χ2n) is 7.13. The van der Waals surface area contributed by atoms with Crippen molar-refractivity contribution in [1.82, 2.24) is 15.1 Å². The van der Waals surface area contributed by atoms with Crippen LogP contribution in [-0.2, 0) is 22.5 Å². The van der Waals surface area contributed by atoms with Crippen molar-refractivity contribution in [3.05, 3.63) is 60.1 Å². The van der Waals surface area contributed by atoms with E-state index in [0.29, 0.717) is 38.5 Å². The average molecular weight is 416 g/mol. The van der Waals surface area contributed by atoms with E-state index in [-0.39, 0.29) is 18.5 Å². The number of carbonyl (C=O) groups excluding carboxylic acids is 2. The number of hydrogen-bond acceptors (Lipinski definition) is 4. The molecular formula is C23H33N3O4. The Morgan fingerprint density at radius 1 is 1.07 bits per heavy atom. The Labute approximate surface area is 179 Å². The molecule has 0 saturated carbocycles. The van der Waals surface area contributed by atoms with Gasteiger partial charge >= 0.3 is 6.03 Å². The van der Waals surface area contributed by atoms with Crippen molar-refractivity contribution in [2.24, 2.45) is 0 Å². The lowest BCUT2D eigenvalue weighted by atomic mass is 10.1. The van der Waals surface area contributed by atoms with Crippen LogP contribution in [0.5, 0.6) is 0 Å². The smallest absolute Gasteiger partial charge is 0.317 e. The Bertz CT molecular complexity index is 734. The summed E-state index contributed by atoms with van der Waals surface area (Å²) >= 11 is 0. The Morgan fingerprint density at radius 2 is 1.87 bits per heavy atom. The third-order valence-electron chi connectivity index (χ3n) is 4.78. The Morgan fingerprint density at radius 3 is 2.53 bits per heavy atom. The van der Waals surface area contributed by atoms with Gasteiger partial charge in [-0.25, -0.2) is 4.79 Å². The van der Waals surface area contributed by atoms with Crippen LogP contribution in [0.25, 0.3) is 0 Å². The number of amides is 3. The highest BCUT2D eigenvalue weighted by atomic mass is 16.5. The van der Waals surface area contributed by atoms with Crippen LogP contribution in [0.2, 0.25) is 0 Å². The lowest BCUT2D eigenvalue weighted by Gasteiger charge is -2.27. The van der Waals surface area contributed by atoms with Crippen LogP contribution in [0, 0.1) is 0 Å². The van der Waals surface area contributed by atoms with Gasteiger partial charge < -0.3 is 24.3 Å². The molecule has 3 amide bonds. The van der Waals surface area contributed by atoms with E-state index in [2.05, 4.69) is 12.2 Å². The van der Waals surface area contributed by atoms with E-state index in [1.165, 1.54) is 4.90 Å². The molecule has 2 rings (SSSR count). The van der Waals surface area contributed by atoms with Crippen molar-refractivity contribution in [2.75, 3.05) is 39.9 Å². The molecule has 0 saturated heterocycles. The number of ether oxygens (including phenoxy) is 1. The summed E-state index contributed by atoms with van der Waals surface area (Å²) in [6, 6.07) is 13.4. The number of unbranched alkanes of at least 4 members (excludes halogenated alkanes) is 1. The summed E-state index contributed by atoms with van der Waals surface area (Å²) in [6.45, 7) is 4.29. The van der Waals surface area contributed by atoms with Gasteiger partial charge in [0, 0.05) is 26.7 Å². The predicted molar refractivity (Wildman–Crippen MR) is 116 cm³/mol.